The van der Waals surface area contributed by atoms with Gasteiger partial charge in [0.2, 0.25) is 0 Å². The van der Waals surface area contributed by atoms with Gasteiger partial charge in [0.1, 0.15) is 0 Å². The number of rotatable bonds is 0. The minimum atomic E-state index is -2.23. The molecule has 0 N–H and O–H groups in total. The van der Waals surface area contributed by atoms with E-state index < -0.39 is 12.9 Å². The molecule has 0 bridgehead atoms. The van der Waals surface area contributed by atoms with Crippen LogP contribution in [0.5, 0.6) is 0 Å². The zero-order chi connectivity index (χ0) is 14.8. The Morgan fingerprint density at radius 3 is 1.00 bits per heavy atom. The first-order chi connectivity index (χ1) is 9.96. The van der Waals surface area contributed by atoms with E-state index in [4.69, 9.17) is 46.4 Å². The average molecular weight is 545 g/mol. The van der Waals surface area contributed by atoms with Crippen molar-refractivity contribution >= 4 is 82.1 Å². The van der Waals surface area contributed by atoms with Gasteiger partial charge in [0, 0.05) is 0 Å². The van der Waals surface area contributed by atoms with Gasteiger partial charge in [0.15, 0.2) is 0 Å². The number of fused-ring (bicyclic) bond motifs is 2. The molecule has 9 heteroatoms. The second kappa shape index (κ2) is 5.92. The Morgan fingerprint density at radius 1 is 0.524 bits per heavy atom. The molecule has 0 amide bonds. The Labute approximate surface area is 157 Å². The van der Waals surface area contributed by atoms with E-state index in [1.165, 1.54) is 19.6 Å². The quantitative estimate of drug-likeness (QED) is 0.417. The normalized spacial score (nSPS) is 19.6. The van der Waals surface area contributed by atoms with E-state index >= 15 is 0 Å². The zero-order valence-electron chi connectivity index (χ0n) is 9.83. The third-order valence-electron chi connectivity index (χ3n) is 2.68. The molecule has 0 saturated carbocycles. The van der Waals surface area contributed by atoms with Gasteiger partial charge >= 0.3 is 159 Å². The third kappa shape index (κ3) is 2.93. The number of hydrogen-bond donors (Lipinski definition) is 0. The van der Waals surface area contributed by atoms with Gasteiger partial charge < -0.3 is 0 Å². The van der Waals surface area contributed by atoms with Crippen molar-refractivity contribution in [2.45, 2.75) is 19.6 Å². The van der Waals surface area contributed by atoms with Crippen LogP contribution in [0.3, 0.4) is 0 Å². The maximum absolute atomic E-state index is 6.14. The first-order valence-electron chi connectivity index (χ1n) is 5.50. The van der Waals surface area contributed by atoms with Crippen molar-refractivity contribution in [2.75, 3.05) is 0 Å². The summed E-state index contributed by atoms with van der Waals surface area (Å²) < 4.78 is 0. The summed E-state index contributed by atoms with van der Waals surface area (Å²) in [6, 6.07) is 7.94. The van der Waals surface area contributed by atoms with Crippen LogP contribution in [-0.2, 0) is 0 Å². The second-order valence-electron chi connectivity index (χ2n) is 4.11. The first-order valence-corrected chi connectivity index (χ1v) is 20.4. The van der Waals surface area contributed by atoms with Gasteiger partial charge in [-0.3, -0.25) is 0 Å². The van der Waals surface area contributed by atoms with Crippen LogP contribution in [0.25, 0.3) is 0 Å². The Kier molecular flexibility index (Phi) is 4.57. The predicted octanol–water partition coefficient (Wildman–Crippen LogP) is 5.22. The van der Waals surface area contributed by atoms with Crippen molar-refractivity contribution < 1.29 is 12.9 Å². The average Bonchev–Trinajstić information content (AvgIpc) is 2.90. The van der Waals surface area contributed by atoms with Crippen molar-refractivity contribution in [3.63, 3.8) is 0 Å². The van der Waals surface area contributed by atoms with Crippen LogP contribution >= 0.6 is 82.1 Å². The van der Waals surface area contributed by atoms with Gasteiger partial charge in [-0.1, -0.05) is 0 Å². The van der Waals surface area contributed by atoms with Crippen LogP contribution in [0.1, 0.15) is 0 Å². The minimum absolute atomic E-state index is 0.623. The molecule has 21 heavy (non-hydrogen) atoms. The van der Waals surface area contributed by atoms with E-state index in [2.05, 4.69) is 0 Å². The summed E-state index contributed by atoms with van der Waals surface area (Å²) in [5.74, 6) is 0. The monoisotopic (exact) mass is 543 g/mol. The van der Waals surface area contributed by atoms with Crippen molar-refractivity contribution in [3.8, 4) is 0 Å². The van der Waals surface area contributed by atoms with E-state index in [9.17, 15) is 0 Å². The topological polar surface area (TPSA) is 0 Å². The van der Waals surface area contributed by atoms with E-state index in [1.54, 1.807) is 0 Å². The molecule has 2 heterocycles. The number of hydrogen-bond acceptors (Lipinski definition) is 4. The molecule has 0 nitrogen and oxygen atoms in total. The summed E-state index contributed by atoms with van der Waals surface area (Å²) in [7, 11) is 7.91. The molecular formula is C12H4Cl4IS4-. The first kappa shape index (κ1) is 16.2. The third-order valence-corrected chi connectivity index (χ3v) is 34.5. The number of benzene rings is 2. The van der Waals surface area contributed by atoms with Crippen LogP contribution in [0.2, 0.25) is 20.1 Å². The summed E-state index contributed by atoms with van der Waals surface area (Å²) in [5.41, 5.74) is 0. The second-order valence-corrected chi connectivity index (χ2v) is 35.8. The van der Waals surface area contributed by atoms with Gasteiger partial charge in [-0.15, -0.1) is 0 Å². The molecule has 0 atom stereocenters. The molecule has 0 aliphatic carbocycles. The standard InChI is InChI=1S/C12H4Cl4IS4/c13-5-1-9-10(2-6(5)14)19-17(18-9)20-11-3-7(15)8(16)4-12(11)21-17/h1-4H/q-1. The molecule has 4 rings (SSSR count). The molecule has 0 saturated heterocycles. The molecule has 2 aromatic rings. The summed E-state index contributed by atoms with van der Waals surface area (Å²) in [6.45, 7) is 0. The van der Waals surface area contributed by atoms with E-state index in [0.717, 1.165) is 0 Å². The SMILES string of the molecule is Clc1cc2c(cc1Cl)S[I-]1(S2)Sc2cc(Cl)c(Cl)cc2S1. The van der Waals surface area contributed by atoms with Crippen molar-refractivity contribution in [3.05, 3.63) is 44.4 Å². The van der Waals surface area contributed by atoms with E-state index in [1.807, 2.05) is 60.0 Å². The van der Waals surface area contributed by atoms with Crippen LogP contribution in [0, 0.1) is 0 Å². The molecule has 112 valence electrons. The molecule has 2 aliphatic rings. The fraction of sp³-hybridized carbons (Fsp3) is 0. The maximum atomic E-state index is 6.14. The zero-order valence-corrected chi connectivity index (χ0v) is 18.3. The van der Waals surface area contributed by atoms with Gasteiger partial charge in [-0.2, -0.15) is 0 Å². The molecule has 0 radical (unpaired) electrons. The molecule has 0 unspecified atom stereocenters. The summed E-state index contributed by atoms with van der Waals surface area (Å²) in [5, 5.41) is 2.49. The fourth-order valence-corrected chi connectivity index (χ4v) is 40.3. The Hall–Kier alpha value is 1.73. The molecule has 1 spiro atoms. The summed E-state index contributed by atoms with van der Waals surface area (Å²) >= 11 is 22.3. The number of halogens is 5. The van der Waals surface area contributed by atoms with Gasteiger partial charge in [-0.05, 0) is 0 Å². The van der Waals surface area contributed by atoms with Crippen molar-refractivity contribution in [1.29, 1.82) is 0 Å². The van der Waals surface area contributed by atoms with Crippen LogP contribution in [-0.4, -0.2) is 0 Å². The Morgan fingerprint density at radius 2 is 0.762 bits per heavy atom. The predicted molar refractivity (Wildman–Crippen MR) is 96.4 cm³/mol. The Balaban J connectivity index is 1.71. The summed E-state index contributed by atoms with van der Waals surface area (Å²) in [4.78, 5) is 4.98. The van der Waals surface area contributed by atoms with Crippen LogP contribution in [0.15, 0.2) is 43.8 Å². The van der Waals surface area contributed by atoms with E-state index in [-0.39, 0.29) is 0 Å². The Bertz CT molecular complexity index is 651. The molecule has 0 fully saturated rings. The van der Waals surface area contributed by atoms with Crippen LogP contribution in [0.4, 0.5) is 0 Å². The molecule has 0 aromatic heterocycles. The van der Waals surface area contributed by atoms with Crippen LogP contribution < -0.4 is 12.9 Å². The molecule has 2 aliphatic heterocycles. The fourth-order valence-electron chi connectivity index (χ4n) is 1.76. The van der Waals surface area contributed by atoms with Crippen molar-refractivity contribution in [2.24, 2.45) is 0 Å². The summed E-state index contributed by atoms with van der Waals surface area (Å²) in [6.07, 6.45) is 0. The van der Waals surface area contributed by atoms with E-state index in [0.29, 0.717) is 20.1 Å². The van der Waals surface area contributed by atoms with Crippen molar-refractivity contribution in [1.82, 2.24) is 0 Å². The van der Waals surface area contributed by atoms with Gasteiger partial charge in [0.25, 0.3) is 0 Å². The molecular weight excluding hydrogens is 541 g/mol. The molecule has 2 aromatic carbocycles. The van der Waals surface area contributed by atoms with Gasteiger partial charge in [-0.25, -0.2) is 0 Å². The van der Waals surface area contributed by atoms with Gasteiger partial charge in [0.05, 0.1) is 0 Å².